The van der Waals surface area contributed by atoms with Crippen LogP contribution in [-0.2, 0) is 4.79 Å². The maximum atomic E-state index is 10.9. The van der Waals surface area contributed by atoms with Crippen molar-refractivity contribution >= 4 is 5.91 Å². The third kappa shape index (κ3) is 4.94. The lowest BCUT2D eigenvalue weighted by molar-refractivity contribution is -0.119. The van der Waals surface area contributed by atoms with Crippen LogP contribution in [0.15, 0.2) is 0 Å². The SMILES string of the molecule is CN1CCCC(CNC(C)(C)CC(N)=O)C1. The number of likely N-dealkylation sites (tertiary alicyclic amines) is 1. The number of hydrogen-bond acceptors (Lipinski definition) is 3. The fourth-order valence-corrected chi connectivity index (χ4v) is 2.36. The van der Waals surface area contributed by atoms with Gasteiger partial charge in [0.15, 0.2) is 0 Å². The van der Waals surface area contributed by atoms with Crippen LogP contribution in [-0.4, -0.2) is 43.0 Å². The van der Waals surface area contributed by atoms with Gasteiger partial charge in [0.25, 0.3) is 0 Å². The van der Waals surface area contributed by atoms with E-state index < -0.39 is 0 Å². The van der Waals surface area contributed by atoms with Crippen LogP contribution in [0.1, 0.15) is 33.1 Å². The Morgan fingerprint density at radius 1 is 1.56 bits per heavy atom. The number of carbonyl (C=O) groups is 1. The van der Waals surface area contributed by atoms with Gasteiger partial charge in [0.2, 0.25) is 5.91 Å². The van der Waals surface area contributed by atoms with Crippen LogP contribution >= 0.6 is 0 Å². The molecular formula is C12H25N3O. The molecule has 0 spiro atoms. The third-order valence-electron chi connectivity index (χ3n) is 3.21. The van der Waals surface area contributed by atoms with Gasteiger partial charge in [0.1, 0.15) is 0 Å². The topological polar surface area (TPSA) is 58.4 Å². The normalized spacial score (nSPS) is 23.3. The highest BCUT2D eigenvalue weighted by Crippen LogP contribution is 2.16. The monoisotopic (exact) mass is 227 g/mol. The number of hydrogen-bond donors (Lipinski definition) is 2. The number of nitrogens with two attached hydrogens (primary N) is 1. The van der Waals surface area contributed by atoms with Crippen molar-refractivity contribution < 1.29 is 4.79 Å². The number of nitrogens with one attached hydrogen (secondary N) is 1. The Morgan fingerprint density at radius 3 is 2.81 bits per heavy atom. The molecule has 94 valence electrons. The molecule has 1 heterocycles. The van der Waals surface area contributed by atoms with Crippen molar-refractivity contribution in [3.8, 4) is 0 Å². The Labute approximate surface area is 98.6 Å². The molecule has 0 saturated carbocycles. The van der Waals surface area contributed by atoms with Gasteiger partial charge in [-0.15, -0.1) is 0 Å². The second kappa shape index (κ2) is 5.64. The molecule has 0 radical (unpaired) electrons. The molecule has 0 bridgehead atoms. The zero-order valence-electron chi connectivity index (χ0n) is 10.8. The van der Waals surface area contributed by atoms with Crippen molar-refractivity contribution in [1.29, 1.82) is 0 Å². The van der Waals surface area contributed by atoms with Crippen LogP contribution in [0, 0.1) is 5.92 Å². The summed E-state index contributed by atoms with van der Waals surface area (Å²) >= 11 is 0. The van der Waals surface area contributed by atoms with Gasteiger partial charge in [-0.2, -0.15) is 0 Å². The number of piperidine rings is 1. The smallest absolute Gasteiger partial charge is 0.219 e. The second-order valence-corrected chi connectivity index (χ2v) is 5.68. The van der Waals surface area contributed by atoms with Gasteiger partial charge in [-0.05, 0) is 52.7 Å². The van der Waals surface area contributed by atoms with E-state index in [2.05, 4.69) is 17.3 Å². The van der Waals surface area contributed by atoms with E-state index in [0.29, 0.717) is 12.3 Å². The summed E-state index contributed by atoms with van der Waals surface area (Å²) in [5.41, 5.74) is 5.04. The van der Waals surface area contributed by atoms with Crippen molar-refractivity contribution in [1.82, 2.24) is 10.2 Å². The van der Waals surface area contributed by atoms with E-state index in [1.807, 2.05) is 13.8 Å². The molecule has 3 N–H and O–H groups in total. The Bertz CT molecular complexity index is 240. The summed E-state index contributed by atoms with van der Waals surface area (Å²) in [7, 11) is 2.17. The maximum absolute atomic E-state index is 10.9. The van der Waals surface area contributed by atoms with E-state index in [4.69, 9.17) is 5.73 Å². The molecule has 1 amide bonds. The molecule has 1 rings (SSSR count). The highest BCUT2D eigenvalue weighted by molar-refractivity contribution is 5.74. The van der Waals surface area contributed by atoms with Gasteiger partial charge in [-0.3, -0.25) is 4.79 Å². The molecule has 0 aromatic carbocycles. The summed E-state index contributed by atoms with van der Waals surface area (Å²) in [6, 6.07) is 0. The minimum atomic E-state index is -0.238. The van der Waals surface area contributed by atoms with Gasteiger partial charge in [-0.25, -0.2) is 0 Å². The predicted octanol–water partition coefficient (Wildman–Crippen LogP) is 0.572. The van der Waals surface area contributed by atoms with Crippen molar-refractivity contribution in [2.75, 3.05) is 26.7 Å². The molecule has 4 heteroatoms. The van der Waals surface area contributed by atoms with E-state index >= 15 is 0 Å². The molecule has 0 aromatic heterocycles. The number of primary amides is 1. The minimum Gasteiger partial charge on any atom is -0.370 e. The Kier molecular flexibility index (Phi) is 4.74. The summed E-state index contributed by atoms with van der Waals surface area (Å²) in [6.45, 7) is 7.40. The molecule has 0 aliphatic carbocycles. The van der Waals surface area contributed by atoms with Gasteiger partial charge < -0.3 is 16.0 Å². The van der Waals surface area contributed by atoms with Crippen LogP contribution in [0.3, 0.4) is 0 Å². The molecule has 1 fully saturated rings. The summed E-state index contributed by atoms with van der Waals surface area (Å²) in [4.78, 5) is 13.3. The number of amides is 1. The van der Waals surface area contributed by atoms with Gasteiger partial charge in [0.05, 0.1) is 0 Å². The lowest BCUT2D eigenvalue weighted by atomic mass is 9.95. The van der Waals surface area contributed by atoms with E-state index in [-0.39, 0.29) is 11.4 Å². The van der Waals surface area contributed by atoms with Crippen LogP contribution in [0.25, 0.3) is 0 Å². The molecule has 1 unspecified atom stereocenters. The molecular weight excluding hydrogens is 202 g/mol. The quantitative estimate of drug-likeness (QED) is 0.722. The summed E-state index contributed by atoms with van der Waals surface area (Å²) in [5.74, 6) is 0.462. The largest absolute Gasteiger partial charge is 0.370 e. The van der Waals surface area contributed by atoms with E-state index in [9.17, 15) is 4.79 Å². The van der Waals surface area contributed by atoms with Crippen LogP contribution in [0.2, 0.25) is 0 Å². The molecule has 0 aromatic rings. The van der Waals surface area contributed by atoms with Crippen molar-refractivity contribution in [3.05, 3.63) is 0 Å². The number of rotatable bonds is 5. The summed E-state index contributed by atoms with van der Waals surface area (Å²) < 4.78 is 0. The Hall–Kier alpha value is -0.610. The zero-order valence-corrected chi connectivity index (χ0v) is 10.8. The highest BCUT2D eigenvalue weighted by Gasteiger charge is 2.23. The molecule has 1 atom stereocenters. The first-order chi connectivity index (χ1) is 7.39. The van der Waals surface area contributed by atoms with Crippen LogP contribution < -0.4 is 11.1 Å². The highest BCUT2D eigenvalue weighted by atomic mass is 16.1. The molecule has 1 aliphatic rings. The molecule has 1 saturated heterocycles. The molecule has 1 aliphatic heterocycles. The van der Waals surface area contributed by atoms with Gasteiger partial charge >= 0.3 is 0 Å². The number of carbonyl (C=O) groups excluding carboxylic acids is 1. The standard InChI is InChI=1S/C12H25N3O/c1-12(2,7-11(13)16)14-8-10-5-4-6-15(3)9-10/h10,14H,4-9H2,1-3H3,(H2,13,16). The van der Waals surface area contributed by atoms with Gasteiger partial charge in [0, 0.05) is 18.5 Å². The van der Waals surface area contributed by atoms with E-state index in [1.54, 1.807) is 0 Å². The first-order valence-corrected chi connectivity index (χ1v) is 6.11. The van der Waals surface area contributed by atoms with E-state index in [0.717, 1.165) is 13.1 Å². The predicted molar refractivity (Wildman–Crippen MR) is 66.1 cm³/mol. The summed E-state index contributed by atoms with van der Waals surface area (Å²) in [5, 5.41) is 3.45. The lowest BCUT2D eigenvalue weighted by Crippen LogP contribution is -2.47. The fourth-order valence-electron chi connectivity index (χ4n) is 2.36. The Balaban J connectivity index is 2.29. The van der Waals surface area contributed by atoms with Crippen molar-refractivity contribution in [3.63, 3.8) is 0 Å². The first-order valence-electron chi connectivity index (χ1n) is 6.11. The maximum Gasteiger partial charge on any atom is 0.219 e. The first kappa shape index (κ1) is 13.5. The van der Waals surface area contributed by atoms with Crippen LogP contribution in [0.4, 0.5) is 0 Å². The average molecular weight is 227 g/mol. The average Bonchev–Trinajstić information content (AvgIpc) is 2.13. The zero-order chi connectivity index (χ0) is 12.2. The van der Waals surface area contributed by atoms with Crippen molar-refractivity contribution in [2.24, 2.45) is 11.7 Å². The summed E-state index contributed by atoms with van der Waals surface area (Å²) in [6.07, 6.45) is 2.96. The van der Waals surface area contributed by atoms with E-state index in [1.165, 1.54) is 19.4 Å². The Morgan fingerprint density at radius 2 is 2.25 bits per heavy atom. The minimum absolute atomic E-state index is 0.179. The van der Waals surface area contributed by atoms with Gasteiger partial charge in [-0.1, -0.05) is 0 Å². The molecule has 4 nitrogen and oxygen atoms in total. The third-order valence-corrected chi connectivity index (χ3v) is 3.21. The van der Waals surface area contributed by atoms with Crippen molar-refractivity contribution in [2.45, 2.75) is 38.6 Å². The number of nitrogens with zero attached hydrogens (tertiary/aromatic N) is 1. The second-order valence-electron chi connectivity index (χ2n) is 5.68. The fraction of sp³-hybridized carbons (Fsp3) is 0.917. The van der Waals surface area contributed by atoms with Crippen LogP contribution in [0.5, 0.6) is 0 Å². The molecule has 16 heavy (non-hydrogen) atoms. The lowest BCUT2D eigenvalue weighted by Gasteiger charge is -2.33.